The number of carbonyl (C=O) groups is 1. The lowest BCUT2D eigenvalue weighted by Gasteiger charge is -2.11. The lowest BCUT2D eigenvalue weighted by Crippen LogP contribution is -2.37. The van der Waals surface area contributed by atoms with Crippen LogP contribution in [0.25, 0.3) is 0 Å². The van der Waals surface area contributed by atoms with Crippen molar-refractivity contribution in [3.05, 3.63) is 65.2 Å². The van der Waals surface area contributed by atoms with E-state index in [1.54, 1.807) is 0 Å². The van der Waals surface area contributed by atoms with Gasteiger partial charge in [-0.3, -0.25) is 34.0 Å². The Morgan fingerprint density at radius 1 is 1.32 bits per heavy atom. The molecule has 11 heteroatoms. The fourth-order valence-electron chi connectivity index (χ4n) is 2.51. The van der Waals surface area contributed by atoms with Gasteiger partial charge in [0.15, 0.2) is 5.78 Å². The second-order valence-electron chi connectivity index (χ2n) is 5.65. The number of nitrogen functional groups attached to an aromatic ring is 1. The maximum atomic E-state index is 12.5. The summed E-state index contributed by atoms with van der Waals surface area (Å²) >= 11 is 0. The van der Waals surface area contributed by atoms with Gasteiger partial charge in [0.25, 0.3) is 16.8 Å². The zero-order valence-electron chi connectivity index (χ0n) is 12.8. The number of aromatic nitrogens is 3. The molecule has 0 atom stereocenters. The second-order valence-corrected chi connectivity index (χ2v) is 5.65. The highest BCUT2D eigenvalue weighted by Gasteiger charge is 2.30. The number of nitrogens with one attached hydrogen (secondary N) is 1. The number of aromatic amines is 1. The number of hydrogen-bond donors (Lipinski definition) is 2. The van der Waals surface area contributed by atoms with Crippen LogP contribution in [-0.2, 0) is 6.54 Å². The quantitative estimate of drug-likeness (QED) is 0.414. The van der Waals surface area contributed by atoms with Crippen LogP contribution >= 0.6 is 0 Å². The molecule has 1 aliphatic carbocycles. The Balaban J connectivity index is 2.03. The van der Waals surface area contributed by atoms with Gasteiger partial charge in [-0.2, -0.15) is 0 Å². The number of H-pyrrole nitrogens is 1. The topological polar surface area (TPSA) is 163 Å². The summed E-state index contributed by atoms with van der Waals surface area (Å²) < 4.78 is 1.96. The minimum atomic E-state index is -0.956. The number of Topliss-reactive ketones (excluding diaryl/α,β-unsaturated/α-hetero) is 1. The number of nitro groups is 1. The molecule has 1 aliphatic rings. The molecule has 0 radical (unpaired) electrons. The zero-order chi connectivity index (χ0) is 18.3. The third-order valence-electron chi connectivity index (χ3n) is 3.87. The summed E-state index contributed by atoms with van der Waals surface area (Å²) in [6.07, 6.45) is 2.31. The summed E-state index contributed by atoms with van der Waals surface area (Å²) in [6, 6.07) is 1.79. The lowest BCUT2D eigenvalue weighted by molar-refractivity contribution is -0.385. The van der Waals surface area contributed by atoms with Gasteiger partial charge in [-0.25, -0.2) is 4.79 Å². The van der Waals surface area contributed by atoms with Crippen LogP contribution in [-0.4, -0.2) is 24.8 Å². The SMILES string of the molecule is Nc1c(C(=O)Cn2cc([N+](=O)[O-])ccc2=O)c(=O)[nH]c(=O)n1C1CC1. The molecule has 0 spiro atoms. The minimum absolute atomic E-state index is 0.170. The predicted octanol–water partition coefficient (Wildman–Crippen LogP) is -0.594. The van der Waals surface area contributed by atoms with E-state index in [0.29, 0.717) is 12.8 Å². The van der Waals surface area contributed by atoms with Crippen LogP contribution in [0.5, 0.6) is 0 Å². The Kier molecular flexibility index (Phi) is 3.83. The first-order valence-electron chi connectivity index (χ1n) is 7.32. The first kappa shape index (κ1) is 16.4. The summed E-state index contributed by atoms with van der Waals surface area (Å²) in [5.74, 6) is -1.09. The first-order valence-corrected chi connectivity index (χ1v) is 7.32. The van der Waals surface area contributed by atoms with Crippen molar-refractivity contribution in [2.24, 2.45) is 0 Å². The number of nitrogens with zero attached hydrogens (tertiary/aromatic N) is 3. The van der Waals surface area contributed by atoms with E-state index < -0.39 is 39.6 Å². The molecule has 0 amide bonds. The van der Waals surface area contributed by atoms with Crippen molar-refractivity contribution in [2.75, 3.05) is 5.73 Å². The predicted molar refractivity (Wildman–Crippen MR) is 85.7 cm³/mol. The fraction of sp³-hybridized carbons (Fsp3) is 0.286. The second kappa shape index (κ2) is 5.85. The van der Waals surface area contributed by atoms with Crippen LogP contribution in [0.1, 0.15) is 29.2 Å². The number of carbonyl (C=O) groups excluding carboxylic acids is 1. The lowest BCUT2D eigenvalue weighted by atomic mass is 10.2. The molecule has 0 aliphatic heterocycles. The van der Waals surface area contributed by atoms with Gasteiger partial charge in [0.2, 0.25) is 0 Å². The van der Waals surface area contributed by atoms with E-state index in [-0.39, 0.29) is 17.5 Å². The highest BCUT2D eigenvalue weighted by molar-refractivity contribution is 5.99. The first-order chi connectivity index (χ1) is 11.8. The maximum Gasteiger partial charge on any atom is 0.330 e. The molecule has 3 rings (SSSR count). The molecular weight excluding hydrogens is 334 g/mol. The molecule has 3 N–H and O–H groups in total. The minimum Gasteiger partial charge on any atom is -0.384 e. The van der Waals surface area contributed by atoms with Crippen LogP contribution in [0.3, 0.4) is 0 Å². The van der Waals surface area contributed by atoms with E-state index >= 15 is 0 Å². The van der Waals surface area contributed by atoms with Crippen LogP contribution < -0.4 is 22.5 Å². The molecule has 2 aromatic rings. The Morgan fingerprint density at radius 2 is 2.00 bits per heavy atom. The Labute approximate surface area is 138 Å². The Hall–Kier alpha value is -3.50. The van der Waals surface area contributed by atoms with Crippen LogP contribution in [0.2, 0.25) is 0 Å². The van der Waals surface area contributed by atoms with Gasteiger partial charge in [-0.05, 0) is 12.8 Å². The van der Waals surface area contributed by atoms with Gasteiger partial charge in [0.1, 0.15) is 11.4 Å². The molecule has 0 saturated heterocycles. The van der Waals surface area contributed by atoms with Crippen LogP contribution in [0.15, 0.2) is 32.7 Å². The van der Waals surface area contributed by atoms with Gasteiger partial charge in [-0.1, -0.05) is 0 Å². The molecule has 2 heterocycles. The van der Waals surface area contributed by atoms with E-state index in [9.17, 15) is 29.3 Å². The van der Waals surface area contributed by atoms with Crippen molar-refractivity contribution in [3.63, 3.8) is 0 Å². The third kappa shape index (κ3) is 2.98. The van der Waals surface area contributed by atoms with Crippen molar-refractivity contribution in [1.29, 1.82) is 0 Å². The van der Waals surface area contributed by atoms with Gasteiger partial charge >= 0.3 is 5.69 Å². The molecule has 0 unspecified atom stereocenters. The summed E-state index contributed by atoms with van der Waals surface area (Å²) in [7, 11) is 0. The molecular formula is C14H13N5O6. The smallest absolute Gasteiger partial charge is 0.330 e. The molecule has 2 aromatic heterocycles. The molecule has 0 aromatic carbocycles. The van der Waals surface area contributed by atoms with Crippen molar-refractivity contribution >= 4 is 17.3 Å². The van der Waals surface area contributed by atoms with Gasteiger partial charge in [0, 0.05) is 18.2 Å². The Morgan fingerprint density at radius 3 is 2.60 bits per heavy atom. The summed E-state index contributed by atoms with van der Waals surface area (Å²) in [4.78, 5) is 60.2. The fourth-order valence-corrected chi connectivity index (χ4v) is 2.51. The standard InChI is InChI=1S/C14H13N5O6/c15-12-11(13(22)16-14(23)18(12)7-1-2-7)9(20)6-17-5-8(19(24)25)3-4-10(17)21/h3-5,7H,1-2,6,15H2,(H,16,22,23). The van der Waals surface area contributed by atoms with Crippen molar-refractivity contribution < 1.29 is 9.72 Å². The van der Waals surface area contributed by atoms with Crippen molar-refractivity contribution in [1.82, 2.24) is 14.1 Å². The maximum absolute atomic E-state index is 12.5. The number of ketones is 1. The normalized spacial score (nSPS) is 13.6. The summed E-state index contributed by atoms with van der Waals surface area (Å²) in [5.41, 5.74) is 2.70. The van der Waals surface area contributed by atoms with Gasteiger partial charge < -0.3 is 10.3 Å². The van der Waals surface area contributed by atoms with Crippen molar-refractivity contribution in [3.8, 4) is 0 Å². The van der Waals surface area contributed by atoms with Crippen LogP contribution in [0, 0.1) is 10.1 Å². The van der Waals surface area contributed by atoms with E-state index in [4.69, 9.17) is 5.73 Å². The van der Waals surface area contributed by atoms with E-state index in [1.165, 1.54) is 0 Å². The van der Waals surface area contributed by atoms with Crippen molar-refractivity contribution in [2.45, 2.75) is 25.4 Å². The number of anilines is 1. The third-order valence-corrected chi connectivity index (χ3v) is 3.87. The van der Waals surface area contributed by atoms with E-state index in [0.717, 1.165) is 27.5 Å². The van der Waals surface area contributed by atoms with Gasteiger partial charge in [-0.15, -0.1) is 0 Å². The largest absolute Gasteiger partial charge is 0.384 e. The molecule has 11 nitrogen and oxygen atoms in total. The molecule has 0 bridgehead atoms. The van der Waals surface area contributed by atoms with E-state index in [2.05, 4.69) is 0 Å². The average molecular weight is 347 g/mol. The monoisotopic (exact) mass is 347 g/mol. The molecule has 25 heavy (non-hydrogen) atoms. The number of hydrogen-bond acceptors (Lipinski definition) is 7. The van der Waals surface area contributed by atoms with E-state index in [1.807, 2.05) is 4.98 Å². The number of pyridine rings is 1. The number of rotatable bonds is 5. The summed E-state index contributed by atoms with van der Waals surface area (Å²) in [5, 5.41) is 10.8. The number of nitrogens with two attached hydrogens (primary N) is 1. The Bertz CT molecular complexity index is 1060. The summed E-state index contributed by atoms with van der Waals surface area (Å²) in [6.45, 7) is -0.614. The van der Waals surface area contributed by atoms with Crippen LogP contribution in [0.4, 0.5) is 11.5 Å². The molecule has 1 fully saturated rings. The average Bonchev–Trinajstić information content (AvgIpc) is 3.33. The molecule has 1 saturated carbocycles. The highest BCUT2D eigenvalue weighted by atomic mass is 16.6. The molecule has 130 valence electrons. The zero-order valence-corrected chi connectivity index (χ0v) is 12.8. The van der Waals surface area contributed by atoms with Gasteiger partial charge in [0.05, 0.1) is 17.7 Å². The highest BCUT2D eigenvalue weighted by Crippen LogP contribution is 2.35.